The number of rotatable bonds is 5. The first-order valence-electron chi connectivity index (χ1n) is 6.57. The molecule has 0 spiro atoms. The van der Waals surface area contributed by atoms with Gasteiger partial charge >= 0.3 is 5.97 Å². The quantitative estimate of drug-likeness (QED) is 0.282. The van der Waals surface area contributed by atoms with Crippen molar-refractivity contribution in [3.8, 4) is 11.5 Å². The van der Waals surface area contributed by atoms with E-state index >= 15 is 0 Å². The summed E-state index contributed by atoms with van der Waals surface area (Å²) in [5, 5.41) is 10.4. The molecule has 0 radical (unpaired) electrons. The number of hydrogen-bond donors (Lipinski definition) is 0. The van der Waals surface area contributed by atoms with Gasteiger partial charge in [-0.1, -0.05) is 15.9 Å². The lowest BCUT2D eigenvalue weighted by molar-refractivity contribution is -0.400. The molecule has 0 N–H and O–H groups in total. The molecule has 0 amide bonds. The summed E-state index contributed by atoms with van der Waals surface area (Å²) in [6.07, 6.45) is 2.13. The van der Waals surface area contributed by atoms with Crippen LogP contribution in [0.4, 0.5) is 0 Å². The molecule has 0 aromatic heterocycles. The molecule has 24 heavy (non-hydrogen) atoms. The van der Waals surface area contributed by atoms with E-state index in [0.717, 1.165) is 10.7 Å². The van der Waals surface area contributed by atoms with E-state index in [0.29, 0.717) is 15.6 Å². The number of nitro groups is 1. The molecule has 0 atom stereocenters. The van der Waals surface area contributed by atoms with Crippen LogP contribution in [0.5, 0.6) is 11.5 Å². The second-order valence-corrected chi connectivity index (χ2v) is 6.30. The van der Waals surface area contributed by atoms with Gasteiger partial charge in [0, 0.05) is 10.5 Å². The van der Waals surface area contributed by atoms with Gasteiger partial charge in [-0.05, 0) is 57.9 Å². The fraction of sp³-hybridized carbons (Fsp3) is 0.0625. The molecule has 2 aromatic carbocycles. The van der Waals surface area contributed by atoms with Gasteiger partial charge in [-0.25, -0.2) is 4.79 Å². The van der Waals surface area contributed by atoms with E-state index in [-0.39, 0.29) is 11.5 Å². The summed E-state index contributed by atoms with van der Waals surface area (Å²) in [5.74, 6) is -0.0726. The van der Waals surface area contributed by atoms with E-state index in [4.69, 9.17) is 9.47 Å². The molecule has 0 bridgehead atoms. The number of nitrogens with zero attached hydrogens (tertiary/aromatic N) is 1. The van der Waals surface area contributed by atoms with Crippen molar-refractivity contribution in [2.75, 3.05) is 7.11 Å². The number of halogens is 2. The van der Waals surface area contributed by atoms with Crippen molar-refractivity contribution in [3.63, 3.8) is 0 Å². The Hall–Kier alpha value is -2.19. The van der Waals surface area contributed by atoms with Crippen molar-refractivity contribution in [3.05, 3.63) is 72.8 Å². The minimum atomic E-state index is -0.568. The van der Waals surface area contributed by atoms with Crippen LogP contribution in [0.2, 0.25) is 0 Å². The molecule has 0 aliphatic rings. The van der Waals surface area contributed by atoms with Crippen molar-refractivity contribution < 1.29 is 19.2 Å². The summed E-state index contributed by atoms with van der Waals surface area (Å²) in [4.78, 5) is 22.1. The van der Waals surface area contributed by atoms with E-state index < -0.39 is 10.9 Å². The predicted octanol–water partition coefficient (Wildman–Crippen LogP) is 4.69. The van der Waals surface area contributed by atoms with Crippen LogP contribution in [0, 0.1) is 10.1 Å². The molecule has 0 saturated carbocycles. The molecule has 0 unspecified atom stereocenters. The maximum absolute atomic E-state index is 12.2. The summed E-state index contributed by atoms with van der Waals surface area (Å²) in [5.41, 5.74) is 0.906. The average Bonchev–Trinajstić information content (AvgIpc) is 2.55. The van der Waals surface area contributed by atoms with Crippen LogP contribution in [0.3, 0.4) is 0 Å². The molecular weight excluding hydrogens is 446 g/mol. The number of carbonyl (C=O) groups excluding carboxylic acids is 1. The van der Waals surface area contributed by atoms with E-state index in [1.54, 1.807) is 30.3 Å². The number of benzene rings is 2. The summed E-state index contributed by atoms with van der Waals surface area (Å²) in [6.45, 7) is 0. The fourth-order valence-electron chi connectivity index (χ4n) is 1.82. The van der Waals surface area contributed by atoms with Crippen LogP contribution >= 0.6 is 31.9 Å². The monoisotopic (exact) mass is 455 g/mol. The summed E-state index contributed by atoms with van der Waals surface area (Å²) >= 11 is 6.58. The third-order valence-electron chi connectivity index (χ3n) is 2.92. The number of ether oxygens (including phenoxy) is 2. The van der Waals surface area contributed by atoms with E-state index in [1.165, 1.54) is 19.3 Å². The number of esters is 1. The minimum Gasteiger partial charge on any atom is -0.493 e. The lowest BCUT2D eigenvalue weighted by Gasteiger charge is -2.12. The summed E-state index contributed by atoms with van der Waals surface area (Å²) in [6, 6.07) is 9.84. The van der Waals surface area contributed by atoms with Crippen LogP contribution in [0.25, 0.3) is 6.08 Å². The van der Waals surface area contributed by atoms with Crippen molar-refractivity contribution in [2.24, 2.45) is 0 Å². The molecule has 0 aliphatic carbocycles. The highest BCUT2D eigenvalue weighted by Gasteiger charge is 2.16. The van der Waals surface area contributed by atoms with E-state index in [2.05, 4.69) is 31.9 Å². The fourth-order valence-corrected chi connectivity index (χ4v) is 2.62. The maximum atomic E-state index is 12.2. The van der Waals surface area contributed by atoms with Gasteiger partial charge in [0.15, 0.2) is 11.5 Å². The molecule has 2 rings (SSSR count). The molecule has 8 heteroatoms. The first-order chi connectivity index (χ1) is 11.4. The number of carbonyl (C=O) groups is 1. The maximum Gasteiger partial charge on any atom is 0.343 e. The standard InChI is InChI=1S/C16H11Br2NO5/c1-23-14-9-10(6-7-19(21)22)8-13(18)15(14)24-16(20)11-2-4-12(17)5-3-11/h2-9H,1H3. The first-order valence-corrected chi connectivity index (χ1v) is 8.16. The highest BCUT2D eigenvalue weighted by molar-refractivity contribution is 9.10. The zero-order valence-electron chi connectivity index (χ0n) is 12.4. The van der Waals surface area contributed by atoms with Gasteiger partial charge in [-0.3, -0.25) is 10.1 Å². The van der Waals surface area contributed by atoms with Gasteiger partial charge in [0.25, 0.3) is 0 Å². The van der Waals surface area contributed by atoms with Crippen LogP contribution < -0.4 is 9.47 Å². The van der Waals surface area contributed by atoms with Crippen LogP contribution in [-0.2, 0) is 0 Å². The van der Waals surface area contributed by atoms with Gasteiger partial charge < -0.3 is 9.47 Å². The zero-order valence-corrected chi connectivity index (χ0v) is 15.5. The lowest BCUT2D eigenvalue weighted by atomic mass is 10.2. The Morgan fingerprint density at radius 1 is 1.21 bits per heavy atom. The highest BCUT2D eigenvalue weighted by atomic mass is 79.9. The van der Waals surface area contributed by atoms with Crippen molar-refractivity contribution in [1.82, 2.24) is 0 Å². The van der Waals surface area contributed by atoms with Gasteiger partial charge in [0.1, 0.15) is 0 Å². The molecule has 0 fully saturated rings. The Bertz CT molecular complexity index is 803. The van der Waals surface area contributed by atoms with Gasteiger partial charge in [-0.2, -0.15) is 0 Å². The van der Waals surface area contributed by atoms with Crippen LogP contribution in [-0.4, -0.2) is 18.0 Å². The Labute approximate surface area is 154 Å². The van der Waals surface area contributed by atoms with Crippen LogP contribution in [0.1, 0.15) is 15.9 Å². The van der Waals surface area contributed by atoms with E-state index in [1.807, 2.05) is 0 Å². The lowest BCUT2D eigenvalue weighted by Crippen LogP contribution is -2.09. The SMILES string of the molecule is COc1cc(C=C[N+](=O)[O-])cc(Br)c1OC(=O)c1ccc(Br)cc1. The molecule has 6 nitrogen and oxygen atoms in total. The number of hydrogen-bond acceptors (Lipinski definition) is 5. The van der Waals surface area contributed by atoms with Crippen molar-refractivity contribution in [1.29, 1.82) is 0 Å². The predicted molar refractivity (Wildman–Crippen MR) is 95.8 cm³/mol. The molecule has 2 aromatic rings. The Morgan fingerprint density at radius 3 is 2.46 bits per heavy atom. The van der Waals surface area contributed by atoms with Gasteiger partial charge in [0.2, 0.25) is 6.20 Å². The Kier molecular flexibility index (Phi) is 6.10. The Balaban J connectivity index is 2.30. The first kappa shape index (κ1) is 18.2. The minimum absolute atomic E-state index is 0.198. The Morgan fingerprint density at radius 2 is 1.88 bits per heavy atom. The molecule has 0 heterocycles. The van der Waals surface area contributed by atoms with Crippen LogP contribution in [0.15, 0.2) is 51.5 Å². The molecule has 0 saturated heterocycles. The van der Waals surface area contributed by atoms with E-state index in [9.17, 15) is 14.9 Å². The third kappa shape index (κ3) is 4.65. The largest absolute Gasteiger partial charge is 0.493 e. The molecular formula is C16H11Br2NO5. The third-order valence-corrected chi connectivity index (χ3v) is 4.03. The van der Waals surface area contributed by atoms with Crippen molar-refractivity contribution in [2.45, 2.75) is 0 Å². The second-order valence-electron chi connectivity index (χ2n) is 4.53. The molecule has 124 valence electrons. The van der Waals surface area contributed by atoms with Crippen molar-refractivity contribution >= 4 is 43.9 Å². The summed E-state index contributed by atoms with van der Waals surface area (Å²) < 4.78 is 11.9. The van der Waals surface area contributed by atoms with Gasteiger partial charge in [0.05, 0.1) is 22.1 Å². The normalized spacial score (nSPS) is 10.6. The topological polar surface area (TPSA) is 78.7 Å². The molecule has 0 aliphatic heterocycles. The summed E-state index contributed by atoms with van der Waals surface area (Å²) in [7, 11) is 1.42. The second kappa shape index (κ2) is 8.07. The smallest absolute Gasteiger partial charge is 0.343 e. The zero-order chi connectivity index (χ0) is 17.7. The van der Waals surface area contributed by atoms with Gasteiger partial charge in [-0.15, -0.1) is 0 Å². The highest BCUT2D eigenvalue weighted by Crippen LogP contribution is 2.37. The number of methoxy groups -OCH3 is 1. The average molecular weight is 457 g/mol.